The van der Waals surface area contributed by atoms with Crippen LogP contribution in [0.2, 0.25) is 10.0 Å². The molecule has 1 N–H and O–H groups in total. The highest BCUT2D eigenvalue weighted by Crippen LogP contribution is 2.30. The van der Waals surface area contributed by atoms with Crippen molar-refractivity contribution >= 4 is 40.7 Å². The van der Waals surface area contributed by atoms with Crippen LogP contribution in [0.15, 0.2) is 48.5 Å². The summed E-state index contributed by atoms with van der Waals surface area (Å²) in [7, 11) is 0. The number of likely N-dealkylation sites (tertiary alicyclic amines) is 1. The SMILES string of the molecule is O=C(Nc1cccc(Cl)c1Cl)C1CC(=O)N(CCc2ccccc2)C1. The second-order valence-corrected chi connectivity index (χ2v) is 6.85. The van der Waals surface area contributed by atoms with Crippen LogP contribution < -0.4 is 5.32 Å². The van der Waals surface area contributed by atoms with E-state index in [0.717, 1.165) is 6.42 Å². The number of hydrogen-bond acceptors (Lipinski definition) is 2. The number of benzene rings is 2. The molecule has 0 radical (unpaired) electrons. The largest absolute Gasteiger partial charge is 0.342 e. The van der Waals surface area contributed by atoms with Gasteiger partial charge in [0.05, 0.1) is 21.7 Å². The number of nitrogens with one attached hydrogen (secondary N) is 1. The zero-order chi connectivity index (χ0) is 17.8. The number of carbonyl (C=O) groups is 2. The molecule has 6 heteroatoms. The van der Waals surface area contributed by atoms with Crippen molar-refractivity contribution in [1.82, 2.24) is 4.90 Å². The summed E-state index contributed by atoms with van der Waals surface area (Å²) in [5.74, 6) is -0.577. The minimum Gasteiger partial charge on any atom is -0.342 e. The molecule has 1 unspecified atom stereocenters. The molecule has 130 valence electrons. The normalized spacial score (nSPS) is 17.0. The Hall–Kier alpha value is -2.04. The van der Waals surface area contributed by atoms with Crippen molar-refractivity contribution in [2.45, 2.75) is 12.8 Å². The summed E-state index contributed by atoms with van der Waals surface area (Å²) in [5.41, 5.74) is 1.64. The first kappa shape index (κ1) is 17.8. The van der Waals surface area contributed by atoms with Gasteiger partial charge >= 0.3 is 0 Å². The molecule has 0 spiro atoms. The number of nitrogens with zero attached hydrogens (tertiary/aromatic N) is 1. The van der Waals surface area contributed by atoms with Crippen LogP contribution in [0, 0.1) is 5.92 Å². The van der Waals surface area contributed by atoms with Crippen LogP contribution in [0.3, 0.4) is 0 Å². The average Bonchev–Trinajstić information content (AvgIpc) is 2.99. The lowest BCUT2D eigenvalue weighted by molar-refractivity contribution is -0.128. The first-order chi connectivity index (χ1) is 12.0. The third-order valence-corrected chi connectivity index (χ3v) is 5.13. The Morgan fingerprint density at radius 2 is 1.88 bits per heavy atom. The molecule has 1 saturated heterocycles. The van der Waals surface area contributed by atoms with Gasteiger partial charge in [-0.25, -0.2) is 0 Å². The number of halogens is 2. The predicted octanol–water partition coefficient (Wildman–Crippen LogP) is 4.02. The quantitative estimate of drug-likeness (QED) is 0.856. The van der Waals surface area contributed by atoms with E-state index >= 15 is 0 Å². The van der Waals surface area contributed by atoms with Gasteiger partial charge in [-0.15, -0.1) is 0 Å². The fourth-order valence-corrected chi connectivity index (χ4v) is 3.26. The van der Waals surface area contributed by atoms with Crippen molar-refractivity contribution in [3.8, 4) is 0 Å². The van der Waals surface area contributed by atoms with Crippen molar-refractivity contribution < 1.29 is 9.59 Å². The topological polar surface area (TPSA) is 49.4 Å². The van der Waals surface area contributed by atoms with Gasteiger partial charge < -0.3 is 10.2 Å². The van der Waals surface area contributed by atoms with E-state index in [1.807, 2.05) is 30.3 Å². The summed E-state index contributed by atoms with van der Waals surface area (Å²) in [4.78, 5) is 26.4. The number of anilines is 1. The summed E-state index contributed by atoms with van der Waals surface area (Å²) in [6, 6.07) is 15.1. The van der Waals surface area contributed by atoms with Crippen molar-refractivity contribution in [2.24, 2.45) is 5.92 Å². The molecule has 1 heterocycles. The molecule has 1 aliphatic rings. The van der Waals surface area contributed by atoms with Crippen LogP contribution in [0.4, 0.5) is 5.69 Å². The lowest BCUT2D eigenvalue weighted by Gasteiger charge is -2.17. The third kappa shape index (κ3) is 4.33. The van der Waals surface area contributed by atoms with Gasteiger partial charge in [0.25, 0.3) is 0 Å². The van der Waals surface area contributed by atoms with Crippen LogP contribution in [-0.4, -0.2) is 29.8 Å². The Morgan fingerprint density at radius 1 is 1.12 bits per heavy atom. The highest BCUT2D eigenvalue weighted by Gasteiger charge is 2.34. The van der Waals surface area contributed by atoms with E-state index in [1.165, 1.54) is 5.56 Å². The second kappa shape index (κ2) is 7.89. The summed E-state index contributed by atoms with van der Waals surface area (Å²) < 4.78 is 0. The number of hydrogen-bond donors (Lipinski definition) is 1. The number of carbonyl (C=O) groups excluding carboxylic acids is 2. The van der Waals surface area contributed by atoms with E-state index in [2.05, 4.69) is 5.32 Å². The molecule has 0 saturated carbocycles. The zero-order valence-electron chi connectivity index (χ0n) is 13.5. The van der Waals surface area contributed by atoms with Crippen molar-refractivity contribution in [3.05, 3.63) is 64.1 Å². The minimum absolute atomic E-state index is 0.00766. The van der Waals surface area contributed by atoms with Crippen LogP contribution >= 0.6 is 23.2 Å². The molecule has 1 aliphatic heterocycles. The lowest BCUT2D eigenvalue weighted by Crippen LogP contribution is -2.30. The summed E-state index contributed by atoms with van der Waals surface area (Å²) >= 11 is 12.1. The van der Waals surface area contributed by atoms with Crippen molar-refractivity contribution in [3.63, 3.8) is 0 Å². The molecule has 2 amide bonds. The van der Waals surface area contributed by atoms with Gasteiger partial charge in [-0.3, -0.25) is 9.59 Å². The van der Waals surface area contributed by atoms with E-state index in [0.29, 0.717) is 28.8 Å². The highest BCUT2D eigenvalue weighted by molar-refractivity contribution is 6.44. The standard InChI is InChI=1S/C19H18Cl2N2O2/c20-15-7-4-8-16(18(15)21)22-19(25)14-11-17(24)23(12-14)10-9-13-5-2-1-3-6-13/h1-8,14H,9-12H2,(H,22,25). The fourth-order valence-electron chi connectivity index (χ4n) is 2.91. The molecule has 1 fully saturated rings. The molecule has 2 aromatic carbocycles. The van der Waals surface area contributed by atoms with Gasteiger partial charge in [-0.05, 0) is 24.1 Å². The Kier molecular flexibility index (Phi) is 5.61. The maximum Gasteiger partial charge on any atom is 0.229 e. The first-order valence-electron chi connectivity index (χ1n) is 8.11. The van der Waals surface area contributed by atoms with Crippen molar-refractivity contribution in [1.29, 1.82) is 0 Å². The molecule has 0 bridgehead atoms. The van der Waals surface area contributed by atoms with Crippen LogP contribution in [0.5, 0.6) is 0 Å². The Labute approximate surface area is 156 Å². The van der Waals surface area contributed by atoms with E-state index in [-0.39, 0.29) is 24.2 Å². The monoisotopic (exact) mass is 376 g/mol. The first-order valence-corrected chi connectivity index (χ1v) is 8.87. The molecular weight excluding hydrogens is 359 g/mol. The summed E-state index contributed by atoms with van der Waals surface area (Å²) in [6.45, 7) is 1.04. The Morgan fingerprint density at radius 3 is 2.64 bits per heavy atom. The van der Waals surface area contributed by atoms with Crippen LogP contribution in [0.1, 0.15) is 12.0 Å². The summed E-state index contributed by atoms with van der Waals surface area (Å²) in [5, 5.41) is 3.46. The lowest BCUT2D eigenvalue weighted by atomic mass is 10.1. The summed E-state index contributed by atoms with van der Waals surface area (Å²) in [6.07, 6.45) is 1.000. The third-order valence-electron chi connectivity index (χ3n) is 4.31. The average molecular weight is 377 g/mol. The fraction of sp³-hybridized carbons (Fsp3) is 0.263. The van der Waals surface area contributed by atoms with Crippen LogP contribution in [-0.2, 0) is 16.0 Å². The molecule has 1 atom stereocenters. The molecular formula is C19H18Cl2N2O2. The van der Waals surface area contributed by atoms with Crippen LogP contribution in [0.25, 0.3) is 0 Å². The van der Waals surface area contributed by atoms with E-state index in [1.54, 1.807) is 23.1 Å². The van der Waals surface area contributed by atoms with Gasteiger partial charge in [0.1, 0.15) is 0 Å². The van der Waals surface area contributed by atoms with E-state index in [9.17, 15) is 9.59 Å². The highest BCUT2D eigenvalue weighted by atomic mass is 35.5. The minimum atomic E-state index is -0.377. The van der Waals surface area contributed by atoms with Crippen molar-refractivity contribution in [2.75, 3.05) is 18.4 Å². The maximum absolute atomic E-state index is 12.5. The van der Waals surface area contributed by atoms with E-state index < -0.39 is 0 Å². The van der Waals surface area contributed by atoms with E-state index in [4.69, 9.17) is 23.2 Å². The van der Waals surface area contributed by atoms with Gasteiger partial charge in [0.2, 0.25) is 11.8 Å². The van der Waals surface area contributed by atoms with Gasteiger partial charge in [0.15, 0.2) is 0 Å². The Bertz CT molecular complexity index is 780. The Balaban J connectivity index is 1.58. The molecule has 0 aromatic heterocycles. The smallest absolute Gasteiger partial charge is 0.229 e. The molecule has 3 rings (SSSR count). The molecule has 0 aliphatic carbocycles. The van der Waals surface area contributed by atoms with Gasteiger partial charge in [-0.2, -0.15) is 0 Å². The molecule has 4 nitrogen and oxygen atoms in total. The van der Waals surface area contributed by atoms with Gasteiger partial charge in [0, 0.05) is 19.5 Å². The zero-order valence-corrected chi connectivity index (χ0v) is 15.1. The second-order valence-electron chi connectivity index (χ2n) is 6.07. The van der Waals surface area contributed by atoms with Gasteiger partial charge in [-0.1, -0.05) is 59.6 Å². The predicted molar refractivity (Wildman–Crippen MR) is 99.9 cm³/mol. The maximum atomic E-state index is 12.5. The molecule has 2 aromatic rings. The number of amides is 2. The number of rotatable bonds is 5. The molecule has 25 heavy (non-hydrogen) atoms.